The first-order valence-electron chi connectivity index (χ1n) is 9.55. The first kappa shape index (κ1) is 21.0. The van der Waals surface area contributed by atoms with E-state index in [1.807, 2.05) is 13.0 Å². The highest BCUT2D eigenvalue weighted by Crippen LogP contribution is 2.20. The van der Waals surface area contributed by atoms with E-state index >= 15 is 0 Å². The summed E-state index contributed by atoms with van der Waals surface area (Å²) in [5, 5.41) is 13.0. The summed E-state index contributed by atoms with van der Waals surface area (Å²) in [5.41, 5.74) is 1.33. The Hall–Kier alpha value is -3.68. The second-order valence-electron chi connectivity index (χ2n) is 6.40. The van der Waals surface area contributed by atoms with Gasteiger partial charge in [-0.15, -0.1) is 0 Å². The van der Waals surface area contributed by atoms with Crippen LogP contribution >= 0.6 is 0 Å². The number of ether oxygens (including phenoxy) is 3. The number of nitrogens with zero attached hydrogens (tertiary/aromatic N) is 2. The van der Waals surface area contributed by atoms with Crippen LogP contribution in [0.3, 0.4) is 0 Å². The molecule has 0 N–H and O–H groups in total. The Morgan fingerprint density at radius 3 is 2.50 bits per heavy atom. The number of fused-ring (bicyclic) bond motifs is 1. The van der Waals surface area contributed by atoms with Crippen LogP contribution in [-0.4, -0.2) is 30.1 Å². The highest BCUT2D eigenvalue weighted by atomic mass is 16.5. The third-order valence-electron chi connectivity index (χ3n) is 4.38. The van der Waals surface area contributed by atoms with Crippen molar-refractivity contribution in [1.29, 1.82) is 0 Å². The Balaban J connectivity index is 2.00. The second kappa shape index (κ2) is 9.21. The highest BCUT2D eigenvalue weighted by Gasteiger charge is 2.29. The van der Waals surface area contributed by atoms with Gasteiger partial charge >= 0.3 is 17.6 Å². The zero-order valence-corrected chi connectivity index (χ0v) is 17.0. The van der Waals surface area contributed by atoms with Gasteiger partial charge in [-0.05, 0) is 44.5 Å². The van der Waals surface area contributed by atoms with Crippen molar-refractivity contribution in [3.8, 4) is 5.75 Å². The number of carbonyl (C=O) groups excluding carboxylic acids is 2. The minimum Gasteiger partial charge on any atom is -0.618 e. The number of aryl methyl sites for hydroxylation is 1. The quantitative estimate of drug-likeness (QED) is 0.335. The van der Waals surface area contributed by atoms with Gasteiger partial charge in [-0.25, -0.2) is 14.6 Å². The van der Waals surface area contributed by atoms with Crippen molar-refractivity contribution in [3.63, 3.8) is 0 Å². The maximum Gasteiger partial charge on any atom is 0.407 e. The molecule has 2 aromatic carbocycles. The molecule has 156 valence electrons. The minimum absolute atomic E-state index is 0.0158. The van der Waals surface area contributed by atoms with Crippen molar-refractivity contribution in [2.45, 2.75) is 27.4 Å². The van der Waals surface area contributed by atoms with Gasteiger partial charge in [0.2, 0.25) is 5.52 Å². The third-order valence-corrected chi connectivity index (χ3v) is 4.38. The van der Waals surface area contributed by atoms with Gasteiger partial charge in [-0.1, -0.05) is 18.2 Å². The molecule has 0 radical (unpaired) electrons. The van der Waals surface area contributed by atoms with Crippen LogP contribution in [0.1, 0.15) is 46.0 Å². The number of benzene rings is 2. The topological polar surface area (TPSA) is 102 Å². The standard InChI is InChI=1S/C22H22N2O6/c1-4-28-15-10-11-17-19(12-15)24(27)20(22(26)29-5-2)18(23-17)13-30-21(25)16-9-7-6-8-14(16)3/h6-12H,4-5,13H2,1-3H3. The predicted octanol–water partition coefficient (Wildman–Crippen LogP) is 3.11. The van der Waals surface area contributed by atoms with Crippen molar-refractivity contribution in [2.24, 2.45) is 0 Å². The molecule has 0 aliphatic heterocycles. The molecule has 3 rings (SSSR count). The van der Waals surface area contributed by atoms with Crippen LogP contribution in [0.4, 0.5) is 0 Å². The van der Waals surface area contributed by atoms with Gasteiger partial charge in [0.1, 0.15) is 17.9 Å². The molecule has 8 heteroatoms. The van der Waals surface area contributed by atoms with Crippen molar-refractivity contribution >= 4 is 23.0 Å². The smallest absolute Gasteiger partial charge is 0.407 e. The summed E-state index contributed by atoms with van der Waals surface area (Å²) < 4.78 is 16.2. The van der Waals surface area contributed by atoms with Gasteiger partial charge < -0.3 is 19.4 Å². The fraction of sp³-hybridized carbons (Fsp3) is 0.273. The van der Waals surface area contributed by atoms with Gasteiger partial charge in [0.25, 0.3) is 0 Å². The van der Waals surface area contributed by atoms with Crippen LogP contribution in [0, 0.1) is 12.1 Å². The van der Waals surface area contributed by atoms with Gasteiger partial charge in [-0.2, -0.15) is 4.73 Å². The average Bonchev–Trinajstić information content (AvgIpc) is 2.73. The van der Waals surface area contributed by atoms with E-state index in [0.29, 0.717) is 28.2 Å². The summed E-state index contributed by atoms with van der Waals surface area (Å²) >= 11 is 0. The molecule has 8 nitrogen and oxygen atoms in total. The molecule has 0 bridgehead atoms. The molecular weight excluding hydrogens is 388 g/mol. The van der Waals surface area contributed by atoms with Crippen LogP contribution in [0.2, 0.25) is 0 Å². The molecule has 3 aromatic rings. The monoisotopic (exact) mass is 410 g/mol. The lowest BCUT2D eigenvalue weighted by Gasteiger charge is -2.12. The van der Waals surface area contributed by atoms with E-state index in [0.717, 1.165) is 5.56 Å². The Labute approximate surface area is 173 Å². The summed E-state index contributed by atoms with van der Waals surface area (Å²) in [6, 6.07) is 11.8. The lowest BCUT2D eigenvalue weighted by Crippen LogP contribution is -2.39. The summed E-state index contributed by atoms with van der Waals surface area (Å²) in [6.07, 6.45) is 0. The fourth-order valence-corrected chi connectivity index (χ4v) is 2.97. The number of esters is 2. The van der Waals surface area contributed by atoms with Crippen LogP contribution < -0.4 is 9.47 Å². The zero-order chi connectivity index (χ0) is 21.7. The van der Waals surface area contributed by atoms with Crippen LogP contribution in [0.25, 0.3) is 11.0 Å². The first-order valence-corrected chi connectivity index (χ1v) is 9.55. The zero-order valence-electron chi connectivity index (χ0n) is 17.0. The second-order valence-corrected chi connectivity index (χ2v) is 6.40. The Bertz CT molecular complexity index is 1100. The van der Waals surface area contributed by atoms with Crippen molar-refractivity contribution < 1.29 is 28.5 Å². The minimum atomic E-state index is -0.842. The summed E-state index contributed by atoms with van der Waals surface area (Å²) in [5.74, 6) is -0.940. The SMILES string of the molecule is CCOC(=O)c1c(COC(=O)c2ccccc2C)nc2ccc(OCC)cc2[n+]1[O-]. The number of carbonyl (C=O) groups is 2. The van der Waals surface area contributed by atoms with E-state index in [-0.39, 0.29) is 30.1 Å². The lowest BCUT2D eigenvalue weighted by atomic mass is 10.1. The molecule has 0 saturated heterocycles. The number of hydrogen-bond acceptors (Lipinski definition) is 7. The molecule has 0 atom stereocenters. The normalized spacial score (nSPS) is 10.6. The van der Waals surface area contributed by atoms with Crippen molar-refractivity contribution in [3.05, 3.63) is 70.2 Å². The summed E-state index contributed by atoms with van der Waals surface area (Å²) in [7, 11) is 0. The van der Waals surface area contributed by atoms with Gasteiger partial charge in [-0.3, -0.25) is 0 Å². The van der Waals surface area contributed by atoms with E-state index in [9.17, 15) is 14.8 Å². The molecule has 0 fully saturated rings. The predicted molar refractivity (Wildman–Crippen MR) is 108 cm³/mol. The molecule has 0 unspecified atom stereocenters. The van der Waals surface area contributed by atoms with Crippen molar-refractivity contribution in [2.75, 3.05) is 13.2 Å². The number of aromatic nitrogens is 2. The number of hydrogen-bond donors (Lipinski definition) is 0. The van der Waals surface area contributed by atoms with E-state index in [1.54, 1.807) is 44.2 Å². The molecular formula is C22H22N2O6. The Morgan fingerprint density at radius 1 is 1.03 bits per heavy atom. The number of rotatable bonds is 7. The first-order chi connectivity index (χ1) is 14.5. The molecule has 1 aromatic heterocycles. The van der Waals surface area contributed by atoms with Crippen LogP contribution in [0.15, 0.2) is 42.5 Å². The average molecular weight is 410 g/mol. The molecule has 30 heavy (non-hydrogen) atoms. The van der Waals surface area contributed by atoms with E-state index in [2.05, 4.69) is 4.98 Å². The van der Waals surface area contributed by atoms with Crippen LogP contribution in [0.5, 0.6) is 5.75 Å². The van der Waals surface area contributed by atoms with Gasteiger partial charge in [0.05, 0.1) is 24.8 Å². The van der Waals surface area contributed by atoms with E-state index < -0.39 is 11.9 Å². The molecule has 1 heterocycles. The van der Waals surface area contributed by atoms with Gasteiger partial charge in [0.15, 0.2) is 5.69 Å². The van der Waals surface area contributed by atoms with Crippen molar-refractivity contribution in [1.82, 2.24) is 4.98 Å². The maximum atomic E-state index is 13.0. The molecule has 0 aliphatic rings. The maximum absolute atomic E-state index is 13.0. The molecule has 0 saturated carbocycles. The molecule has 0 amide bonds. The third kappa shape index (κ3) is 4.32. The molecule has 0 spiro atoms. The highest BCUT2D eigenvalue weighted by molar-refractivity contribution is 5.91. The summed E-state index contributed by atoms with van der Waals surface area (Å²) in [4.78, 5) is 29.3. The summed E-state index contributed by atoms with van der Waals surface area (Å²) in [6.45, 7) is 5.40. The molecule has 0 aliphatic carbocycles. The Kier molecular flexibility index (Phi) is 6.46. The van der Waals surface area contributed by atoms with Gasteiger partial charge in [0, 0.05) is 0 Å². The van der Waals surface area contributed by atoms with Crippen LogP contribution in [-0.2, 0) is 16.1 Å². The largest absolute Gasteiger partial charge is 0.618 e. The Morgan fingerprint density at radius 2 is 1.80 bits per heavy atom. The fourth-order valence-electron chi connectivity index (χ4n) is 2.97. The lowest BCUT2D eigenvalue weighted by molar-refractivity contribution is -0.581. The van der Waals surface area contributed by atoms with E-state index in [4.69, 9.17) is 14.2 Å². The van der Waals surface area contributed by atoms with E-state index in [1.165, 1.54) is 6.07 Å².